The molecule has 1 rings (SSSR count). The van der Waals surface area contributed by atoms with Gasteiger partial charge in [-0.1, -0.05) is 26.7 Å². The predicted molar refractivity (Wildman–Crippen MR) is 74.8 cm³/mol. The molecular formula is C14H24N2O3. The summed E-state index contributed by atoms with van der Waals surface area (Å²) in [6.07, 6.45) is 1.91. The van der Waals surface area contributed by atoms with Crippen LogP contribution in [0.3, 0.4) is 0 Å². The average Bonchev–Trinajstić information content (AvgIpc) is 2.39. The summed E-state index contributed by atoms with van der Waals surface area (Å²) in [6, 6.07) is 0.271. The van der Waals surface area contributed by atoms with E-state index in [2.05, 4.69) is 24.2 Å². The normalized spacial score (nSPS) is 19.1. The maximum Gasteiger partial charge on any atom is 0.337 e. The van der Waals surface area contributed by atoms with E-state index < -0.39 is 0 Å². The van der Waals surface area contributed by atoms with Gasteiger partial charge in [0.15, 0.2) is 0 Å². The minimum atomic E-state index is -0.289. The molecule has 0 aromatic rings. The fourth-order valence-electron chi connectivity index (χ4n) is 2.34. The van der Waals surface area contributed by atoms with Gasteiger partial charge in [0.05, 0.1) is 25.3 Å². The number of esters is 1. The quantitative estimate of drug-likeness (QED) is 0.777. The zero-order chi connectivity index (χ0) is 14.4. The standard InChI is InChI=1S/C14H24N2O3/c1-6-10(7-2)12-11(13(17)19-8-3)9(4)15-14(16-12)18-5/h10,12H,6-8H2,1-5H3,(H,15,16). The zero-order valence-electron chi connectivity index (χ0n) is 12.4. The van der Waals surface area contributed by atoms with Crippen molar-refractivity contribution in [2.24, 2.45) is 10.9 Å². The van der Waals surface area contributed by atoms with Gasteiger partial charge in [0.2, 0.25) is 0 Å². The predicted octanol–water partition coefficient (Wildman–Crippen LogP) is 2.23. The van der Waals surface area contributed by atoms with Crippen molar-refractivity contribution >= 4 is 12.0 Å². The van der Waals surface area contributed by atoms with Gasteiger partial charge in [-0.15, -0.1) is 0 Å². The lowest BCUT2D eigenvalue weighted by Crippen LogP contribution is -2.39. The van der Waals surface area contributed by atoms with Crippen LogP contribution in [-0.4, -0.2) is 31.7 Å². The number of nitrogens with zero attached hydrogens (tertiary/aromatic N) is 1. The van der Waals surface area contributed by atoms with Crippen LogP contribution in [0.4, 0.5) is 0 Å². The van der Waals surface area contributed by atoms with E-state index in [0.717, 1.165) is 18.5 Å². The summed E-state index contributed by atoms with van der Waals surface area (Å²) in [5, 5.41) is 3.00. The molecule has 0 aromatic heterocycles. The second kappa shape index (κ2) is 7.16. The molecule has 1 aliphatic rings. The van der Waals surface area contributed by atoms with Crippen LogP contribution in [0.15, 0.2) is 16.3 Å². The Hall–Kier alpha value is -1.52. The summed E-state index contributed by atoms with van der Waals surface area (Å²) in [4.78, 5) is 16.6. The smallest absolute Gasteiger partial charge is 0.337 e. The van der Waals surface area contributed by atoms with Crippen molar-refractivity contribution < 1.29 is 14.3 Å². The van der Waals surface area contributed by atoms with Crippen LogP contribution in [0.5, 0.6) is 0 Å². The Kier molecular flexibility index (Phi) is 5.86. The molecule has 0 aliphatic carbocycles. The lowest BCUT2D eigenvalue weighted by Gasteiger charge is -2.29. The maximum atomic E-state index is 12.1. The molecule has 1 N–H and O–H groups in total. The Balaban J connectivity index is 3.11. The molecule has 0 saturated heterocycles. The van der Waals surface area contributed by atoms with E-state index in [9.17, 15) is 4.79 Å². The molecular weight excluding hydrogens is 244 g/mol. The third-order valence-electron chi connectivity index (χ3n) is 3.43. The van der Waals surface area contributed by atoms with Crippen molar-refractivity contribution in [3.8, 4) is 0 Å². The number of rotatable bonds is 5. The van der Waals surface area contributed by atoms with Crippen molar-refractivity contribution in [2.75, 3.05) is 13.7 Å². The second-order valence-corrected chi connectivity index (χ2v) is 4.54. The molecule has 5 heteroatoms. The summed E-state index contributed by atoms with van der Waals surface area (Å²) >= 11 is 0. The van der Waals surface area contributed by atoms with Gasteiger partial charge in [0, 0.05) is 5.70 Å². The number of nitrogens with one attached hydrogen (secondary N) is 1. The highest BCUT2D eigenvalue weighted by Gasteiger charge is 2.33. The molecule has 1 unspecified atom stereocenters. The third-order valence-corrected chi connectivity index (χ3v) is 3.43. The first-order valence-corrected chi connectivity index (χ1v) is 6.85. The van der Waals surface area contributed by atoms with Gasteiger partial charge in [-0.2, -0.15) is 0 Å². The summed E-state index contributed by atoms with van der Waals surface area (Å²) in [7, 11) is 1.57. The van der Waals surface area contributed by atoms with Gasteiger partial charge in [-0.25, -0.2) is 9.79 Å². The number of hydrogen-bond donors (Lipinski definition) is 1. The van der Waals surface area contributed by atoms with Crippen LogP contribution in [0, 0.1) is 5.92 Å². The SMILES string of the molecule is CCOC(=O)C1=C(C)NC(OC)=NC1C(CC)CC. The molecule has 1 atom stereocenters. The van der Waals surface area contributed by atoms with Gasteiger partial charge in [-0.05, 0) is 19.8 Å². The van der Waals surface area contributed by atoms with Crippen molar-refractivity contribution in [3.63, 3.8) is 0 Å². The van der Waals surface area contributed by atoms with E-state index >= 15 is 0 Å². The Morgan fingerprint density at radius 2 is 2.00 bits per heavy atom. The number of carbonyl (C=O) groups excluding carboxylic acids is 1. The largest absolute Gasteiger partial charge is 0.468 e. The molecule has 0 aromatic carbocycles. The van der Waals surface area contributed by atoms with Crippen LogP contribution < -0.4 is 5.32 Å². The highest BCUT2D eigenvalue weighted by molar-refractivity contribution is 5.93. The third kappa shape index (κ3) is 3.49. The number of methoxy groups -OCH3 is 1. The van der Waals surface area contributed by atoms with Crippen molar-refractivity contribution in [3.05, 3.63) is 11.3 Å². The minimum Gasteiger partial charge on any atom is -0.468 e. The fraction of sp³-hybridized carbons (Fsp3) is 0.714. The van der Waals surface area contributed by atoms with Crippen LogP contribution in [0.1, 0.15) is 40.5 Å². The number of aliphatic imine (C=N–C) groups is 1. The zero-order valence-corrected chi connectivity index (χ0v) is 12.4. The van der Waals surface area contributed by atoms with Crippen molar-refractivity contribution in [1.29, 1.82) is 0 Å². The number of allylic oxidation sites excluding steroid dienone is 1. The first-order valence-electron chi connectivity index (χ1n) is 6.85. The second-order valence-electron chi connectivity index (χ2n) is 4.54. The van der Waals surface area contributed by atoms with E-state index in [1.807, 2.05) is 6.92 Å². The van der Waals surface area contributed by atoms with E-state index in [-0.39, 0.29) is 12.0 Å². The fourth-order valence-corrected chi connectivity index (χ4v) is 2.34. The van der Waals surface area contributed by atoms with E-state index in [0.29, 0.717) is 24.1 Å². The molecule has 108 valence electrons. The number of hydrogen-bond acceptors (Lipinski definition) is 5. The Bertz CT molecular complexity index is 384. The number of amidine groups is 1. The highest BCUT2D eigenvalue weighted by atomic mass is 16.5. The average molecular weight is 268 g/mol. The Morgan fingerprint density at radius 1 is 1.37 bits per heavy atom. The maximum absolute atomic E-state index is 12.1. The Labute approximate surface area is 115 Å². The molecule has 5 nitrogen and oxygen atoms in total. The molecule has 19 heavy (non-hydrogen) atoms. The summed E-state index contributed by atoms with van der Waals surface area (Å²) in [5.41, 5.74) is 1.39. The van der Waals surface area contributed by atoms with Crippen molar-refractivity contribution in [2.45, 2.75) is 46.6 Å². The first-order chi connectivity index (χ1) is 9.08. The highest BCUT2D eigenvalue weighted by Crippen LogP contribution is 2.28. The van der Waals surface area contributed by atoms with Crippen LogP contribution in [-0.2, 0) is 14.3 Å². The summed E-state index contributed by atoms with van der Waals surface area (Å²) < 4.78 is 10.3. The molecule has 1 heterocycles. The van der Waals surface area contributed by atoms with Gasteiger partial charge in [0.1, 0.15) is 0 Å². The van der Waals surface area contributed by atoms with Crippen LogP contribution >= 0.6 is 0 Å². The lowest BCUT2D eigenvalue weighted by molar-refractivity contribution is -0.139. The van der Waals surface area contributed by atoms with Crippen molar-refractivity contribution in [1.82, 2.24) is 5.32 Å². The molecule has 1 aliphatic heterocycles. The van der Waals surface area contributed by atoms with Crippen LogP contribution in [0.2, 0.25) is 0 Å². The van der Waals surface area contributed by atoms with Gasteiger partial charge < -0.3 is 14.8 Å². The molecule has 0 fully saturated rings. The van der Waals surface area contributed by atoms with E-state index in [4.69, 9.17) is 9.47 Å². The Morgan fingerprint density at radius 3 is 2.47 bits per heavy atom. The number of carbonyl (C=O) groups is 1. The minimum absolute atomic E-state index is 0.190. The van der Waals surface area contributed by atoms with E-state index in [1.165, 1.54) is 0 Å². The molecule has 0 bridgehead atoms. The number of ether oxygens (including phenoxy) is 2. The van der Waals surface area contributed by atoms with Gasteiger partial charge >= 0.3 is 5.97 Å². The monoisotopic (exact) mass is 268 g/mol. The first kappa shape index (κ1) is 15.5. The van der Waals surface area contributed by atoms with Gasteiger partial charge in [0.25, 0.3) is 6.02 Å². The molecule has 0 saturated carbocycles. The summed E-state index contributed by atoms with van der Waals surface area (Å²) in [6.45, 7) is 8.24. The van der Waals surface area contributed by atoms with Gasteiger partial charge in [-0.3, -0.25) is 0 Å². The topological polar surface area (TPSA) is 59.9 Å². The summed E-state index contributed by atoms with van der Waals surface area (Å²) in [5.74, 6) is 0.0184. The molecule has 0 radical (unpaired) electrons. The van der Waals surface area contributed by atoms with E-state index in [1.54, 1.807) is 14.0 Å². The van der Waals surface area contributed by atoms with Crippen LogP contribution in [0.25, 0.3) is 0 Å². The lowest BCUT2D eigenvalue weighted by atomic mass is 9.87. The molecule has 0 spiro atoms. The molecule has 0 amide bonds.